The number of hydrogen-bond acceptors (Lipinski definition) is 3. The Morgan fingerprint density at radius 2 is 2.33 bits per heavy atom. The summed E-state index contributed by atoms with van der Waals surface area (Å²) in [5.41, 5.74) is 8.41. The van der Waals surface area contributed by atoms with E-state index in [9.17, 15) is 4.79 Å². The molecule has 1 aromatic carbocycles. The summed E-state index contributed by atoms with van der Waals surface area (Å²) < 4.78 is 1.51. The molecule has 0 saturated heterocycles. The third-order valence-electron chi connectivity index (χ3n) is 2.53. The van der Waals surface area contributed by atoms with Crippen LogP contribution in [-0.4, -0.2) is 15.7 Å². The summed E-state index contributed by atoms with van der Waals surface area (Å²) in [6.45, 7) is 2.89. The van der Waals surface area contributed by atoms with Gasteiger partial charge in [0.15, 0.2) is 0 Å². The molecule has 0 aliphatic carbocycles. The highest BCUT2D eigenvalue weighted by Gasteiger charge is 2.01. The molecule has 2 aromatic rings. The Balaban J connectivity index is 1.94. The van der Waals surface area contributed by atoms with Gasteiger partial charge in [0, 0.05) is 12.7 Å². The van der Waals surface area contributed by atoms with E-state index >= 15 is 0 Å². The molecule has 0 spiro atoms. The van der Waals surface area contributed by atoms with Crippen molar-refractivity contribution in [2.45, 2.75) is 20.0 Å². The number of carbonyl (C=O) groups excluding carboxylic acids is 1. The topological polar surface area (TPSA) is 72.9 Å². The monoisotopic (exact) mass is 244 g/mol. The van der Waals surface area contributed by atoms with Crippen LogP contribution < -0.4 is 11.1 Å². The second-order valence-corrected chi connectivity index (χ2v) is 4.24. The van der Waals surface area contributed by atoms with Crippen molar-refractivity contribution in [3.05, 3.63) is 47.8 Å². The van der Waals surface area contributed by atoms with Crippen LogP contribution in [0.25, 0.3) is 0 Å². The summed E-state index contributed by atoms with van der Waals surface area (Å²) >= 11 is 0. The molecule has 0 bridgehead atoms. The van der Waals surface area contributed by atoms with Crippen LogP contribution in [0.4, 0.5) is 5.69 Å². The lowest BCUT2D eigenvalue weighted by Gasteiger charge is -2.04. The minimum atomic E-state index is -0.400. The van der Waals surface area contributed by atoms with Crippen LogP contribution in [0.1, 0.15) is 11.1 Å². The molecule has 0 atom stereocenters. The first-order valence-electron chi connectivity index (χ1n) is 5.73. The fourth-order valence-corrected chi connectivity index (χ4v) is 1.73. The van der Waals surface area contributed by atoms with Gasteiger partial charge in [-0.1, -0.05) is 29.8 Å². The normalized spacial score (nSPS) is 10.3. The van der Waals surface area contributed by atoms with Crippen molar-refractivity contribution in [2.24, 2.45) is 5.73 Å². The molecule has 5 heteroatoms. The van der Waals surface area contributed by atoms with Gasteiger partial charge in [-0.15, -0.1) is 0 Å². The maximum absolute atomic E-state index is 10.7. The van der Waals surface area contributed by atoms with Crippen LogP contribution in [-0.2, 0) is 17.9 Å². The molecule has 1 amide bonds. The van der Waals surface area contributed by atoms with Gasteiger partial charge in [-0.05, 0) is 12.5 Å². The van der Waals surface area contributed by atoms with E-state index in [-0.39, 0.29) is 6.54 Å². The molecule has 0 aliphatic rings. The van der Waals surface area contributed by atoms with Gasteiger partial charge in [0.1, 0.15) is 6.54 Å². The highest BCUT2D eigenvalue weighted by atomic mass is 16.1. The minimum absolute atomic E-state index is 0.103. The van der Waals surface area contributed by atoms with E-state index in [1.54, 1.807) is 12.4 Å². The second kappa shape index (κ2) is 5.35. The zero-order valence-corrected chi connectivity index (χ0v) is 10.3. The van der Waals surface area contributed by atoms with Gasteiger partial charge in [-0.2, -0.15) is 5.10 Å². The van der Waals surface area contributed by atoms with Crippen LogP contribution in [0, 0.1) is 6.92 Å². The van der Waals surface area contributed by atoms with Crippen LogP contribution >= 0.6 is 0 Å². The average molecular weight is 244 g/mol. The van der Waals surface area contributed by atoms with E-state index in [0.717, 1.165) is 12.2 Å². The molecule has 2 rings (SSSR count). The summed E-state index contributed by atoms with van der Waals surface area (Å²) in [5, 5.41) is 7.29. The summed E-state index contributed by atoms with van der Waals surface area (Å²) in [4.78, 5) is 10.7. The number of carbonyl (C=O) groups is 1. The minimum Gasteiger partial charge on any atom is -0.378 e. The lowest BCUT2D eigenvalue weighted by atomic mass is 10.1. The summed E-state index contributed by atoms with van der Waals surface area (Å²) in [7, 11) is 0. The molecule has 18 heavy (non-hydrogen) atoms. The number of primary amides is 1. The number of aryl methyl sites for hydroxylation is 1. The van der Waals surface area contributed by atoms with Gasteiger partial charge in [0.25, 0.3) is 0 Å². The largest absolute Gasteiger partial charge is 0.378 e. The average Bonchev–Trinajstić information content (AvgIpc) is 2.73. The van der Waals surface area contributed by atoms with Crippen LogP contribution in [0.2, 0.25) is 0 Å². The number of anilines is 1. The van der Waals surface area contributed by atoms with Crippen LogP contribution in [0.3, 0.4) is 0 Å². The Kier molecular flexibility index (Phi) is 3.62. The van der Waals surface area contributed by atoms with E-state index in [0.29, 0.717) is 0 Å². The quantitative estimate of drug-likeness (QED) is 0.832. The zero-order chi connectivity index (χ0) is 13.0. The van der Waals surface area contributed by atoms with E-state index in [1.807, 2.05) is 6.07 Å². The van der Waals surface area contributed by atoms with Crippen molar-refractivity contribution < 1.29 is 4.79 Å². The molecule has 0 radical (unpaired) electrons. The van der Waals surface area contributed by atoms with Crippen LogP contribution in [0.5, 0.6) is 0 Å². The van der Waals surface area contributed by atoms with Gasteiger partial charge in [0.05, 0.1) is 11.9 Å². The fourth-order valence-electron chi connectivity index (χ4n) is 1.73. The molecular formula is C13H16N4O. The van der Waals surface area contributed by atoms with Crippen molar-refractivity contribution in [1.29, 1.82) is 0 Å². The molecule has 1 aromatic heterocycles. The van der Waals surface area contributed by atoms with Gasteiger partial charge < -0.3 is 11.1 Å². The number of hydrogen-bond donors (Lipinski definition) is 2. The Labute approximate surface area is 106 Å². The van der Waals surface area contributed by atoms with Crippen molar-refractivity contribution in [1.82, 2.24) is 9.78 Å². The van der Waals surface area contributed by atoms with Gasteiger partial charge in [-0.3, -0.25) is 9.48 Å². The first-order valence-corrected chi connectivity index (χ1v) is 5.73. The SMILES string of the molecule is Cc1cccc(CNc2cnn(CC(N)=O)c2)c1. The van der Waals surface area contributed by atoms with Crippen molar-refractivity contribution in [3.63, 3.8) is 0 Å². The fraction of sp³-hybridized carbons (Fsp3) is 0.231. The Morgan fingerprint density at radius 1 is 1.50 bits per heavy atom. The Morgan fingerprint density at radius 3 is 3.06 bits per heavy atom. The smallest absolute Gasteiger partial charge is 0.239 e. The maximum atomic E-state index is 10.7. The number of nitrogens with one attached hydrogen (secondary N) is 1. The van der Waals surface area contributed by atoms with E-state index < -0.39 is 5.91 Å². The van der Waals surface area contributed by atoms with E-state index in [4.69, 9.17) is 5.73 Å². The molecule has 0 aliphatic heterocycles. The highest BCUT2D eigenvalue weighted by Crippen LogP contribution is 2.09. The van der Waals surface area contributed by atoms with Gasteiger partial charge in [-0.25, -0.2) is 0 Å². The predicted octanol–water partition coefficient (Wildman–Crippen LogP) is 1.29. The molecule has 94 valence electrons. The second-order valence-electron chi connectivity index (χ2n) is 4.24. The van der Waals surface area contributed by atoms with Crippen molar-refractivity contribution in [3.8, 4) is 0 Å². The van der Waals surface area contributed by atoms with Gasteiger partial charge >= 0.3 is 0 Å². The molecule has 5 nitrogen and oxygen atoms in total. The molecule has 3 N–H and O–H groups in total. The van der Waals surface area contributed by atoms with Crippen LogP contribution in [0.15, 0.2) is 36.7 Å². The number of amides is 1. The zero-order valence-electron chi connectivity index (χ0n) is 10.3. The predicted molar refractivity (Wildman–Crippen MR) is 69.9 cm³/mol. The third kappa shape index (κ3) is 3.35. The number of nitrogens with zero attached hydrogens (tertiary/aromatic N) is 2. The van der Waals surface area contributed by atoms with Gasteiger partial charge in [0.2, 0.25) is 5.91 Å². The number of nitrogens with two attached hydrogens (primary N) is 1. The van der Waals surface area contributed by atoms with E-state index in [1.165, 1.54) is 15.8 Å². The Bertz CT molecular complexity index is 547. The summed E-state index contributed by atoms with van der Waals surface area (Å²) in [6, 6.07) is 8.28. The lowest BCUT2D eigenvalue weighted by molar-refractivity contribution is -0.118. The first kappa shape index (κ1) is 12.2. The summed E-state index contributed by atoms with van der Waals surface area (Å²) in [5.74, 6) is -0.400. The molecule has 0 unspecified atom stereocenters. The van der Waals surface area contributed by atoms with Crippen molar-refractivity contribution >= 4 is 11.6 Å². The number of aromatic nitrogens is 2. The number of rotatable bonds is 5. The molecule has 1 heterocycles. The van der Waals surface area contributed by atoms with E-state index in [2.05, 4.69) is 35.5 Å². The summed E-state index contributed by atoms with van der Waals surface area (Å²) in [6.07, 6.45) is 3.44. The first-order chi connectivity index (χ1) is 8.63. The molecule has 0 fully saturated rings. The highest BCUT2D eigenvalue weighted by molar-refractivity contribution is 5.73. The van der Waals surface area contributed by atoms with Crippen molar-refractivity contribution in [2.75, 3.05) is 5.32 Å². The molecular weight excluding hydrogens is 228 g/mol. The standard InChI is InChI=1S/C13H16N4O/c1-10-3-2-4-11(5-10)6-15-12-7-16-17(8-12)9-13(14)18/h2-5,7-8,15H,6,9H2,1H3,(H2,14,18). The molecule has 0 saturated carbocycles. The number of benzene rings is 1. The third-order valence-corrected chi connectivity index (χ3v) is 2.53. The Hall–Kier alpha value is -2.30. The maximum Gasteiger partial charge on any atom is 0.239 e. The lowest BCUT2D eigenvalue weighted by Crippen LogP contribution is -2.18.